The van der Waals surface area contributed by atoms with Crippen LogP contribution in [-0.4, -0.2) is 29.9 Å². The van der Waals surface area contributed by atoms with Crippen LogP contribution in [0.5, 0.6) is 0 Å². The van der Waals surface area contributed by atoms with Crippen LogP contribution in [0.4, 0.5) is 0 Å². The van der Waals surface area contributed by atoms with Gasteiger partial charge in [0.2, 0.25) is 0 Å². The summed E-state index contributed by atoms with van der Waals surface area (Å²) < 4.78 is 0. The molecule has 0 radical (unpaired) electrons. The highest BCUT2D eigenvalue weighted by atomic mass is 79.9. The van der Waals surface area contributed by atoms with Crippen LogP contribution in [0, 0.1) is 11.8 Å². The van der Waals surface area contributed by atoms with Gasteiger partial charge in [0.25, 0.3) is 0 Å². The Morgan fingerprint density at radius 2 is 1.67 bits per heavy atom. The van der Waals surface area contributed by atoms with Crippen molar-refractivity contribution in [1.29, 1.82) is 0 Å². The van der Waals surface area contributed by atoms with Crippen molar-refractivity contribution in [2.75, 3.05) is 25.0 Å². The summed E-state index contributed by atoms with van der Waals surface area (Å²) in [5, 5.41) is 1.21. The molecule has 1 saturated heterocycles. The standard InChI is InChI=1S/C10H18BrN/c11-7-9-3-5-12(6-4-9)8-10-1-2-10/h9-10H,1-8H2. The van der Waals surface area contributed by atoms with Gasteiger partial charge in [0.05, 0.1) is 0 Å². The smallest absolute Gasteiger partial charge is 0.00606 e. The van der Waals surface area contributed by atoms with Gasteiger partial charge in [-0.15, -0.1) is 0 Å². The van der Waals surface area contributed by atoms with Gasteiger partial charge in [-0.2, -0.15) is 0 Å². The first-order chi connectivity index (χ1) is 5.88. The first-order valence-electron chi connectivity index (χ1n) is 5.17. The Labute approximate surface area is 83.6 Å². The molecule has 0 aromatic carbocycles. The lowest BCUT2D eigenvalue weighted by molar-refractivity contribution is 0.188. The largest absolute Gasteiger partial charge is 0.303 e. The number of piperidine rings is 1. The third-order valence-corrected chi connectivity index (χ3v) is 4.05. The molecule has 1 aliphatic heterocycles. The van der Waals surface area contributed by atoms with Crippen LogP contribution in [0.3, 0.4) is 0 Å². The number of likely N-dealkylation sites (tertiary alicyclic amines) is 1. The Bertz CT molecular complexity index is 137. The van der Waals surface area contributed by atoms with Gasteiger partial charge in [-0.3, -0.25) is 0 Å². The molecule has 2 aliphatic rings. The van der Waals surface area contributed by atoms with Crippen molar-refractivity contribution < 1.29 is 0 Å². The van der Waals surface area contributed by atoms with E-state index < -0.39 is 0 Å². The summed E-state index contributed by atoms with van der Waals surface area (Å²) in [6.07, 6.45) is 5.83. The molecule has 0 bridgehead atoms. The molecule has 0 N–H and O–H groups in total. The van der Waals surface area contributed by atoms with Crippen LogP contribution in [-0.2, 0) is 0 Å². The van der Waals surface area contributed by atoms with Crippen molar-refractivity contribution >= 4 is 15.9 Å². The molecule has 1 saturated carbocycles. The topological polar surface area (TPSA) is 3.24 Å². The lowest BCUT2D eigenvalue weighted by Gasteiger charge is -2.30. The first kappa shape index (κ1) is 9.01. The maximum atomic E-state index is 3.58. The first-order valence-corrected chi connectivity index (χ1v) is 6.29. The summed E-state index contributed by atoms with van der Waals surface area (Å²) in [6, 6.07) is 0. The van der Waals surface area contributed by atoms with Gasteiger partial charge < -0.3 is 4.90 Å². The summed E-state index contributed by atoms with van der Waals surface area (Å²) in [7, 11) is 0. The molecule has 0 aromatic rings. The second kappa shape index (κ2) is 4.10. The van der Waals surface area contributed by atoms with Gasteiger partial charge >= 0.3 is 0 Å². The van der Waals surface area contributed by atoms with E-state index in [1.54, 1.807) is 0 Å². The average molecular weight is 232 g/mol. The molecule has 1 aliphatic carbocycles. The molecule has 1 heterocycles. The number of rotatable bonds is 3. The molecule has 0 atom stereocenters. The summed E-state index contributed by atoms with van der Waals surface area (Å²) in [5.74, 6) is 2.03. The predicted molar refractivity (Wildman–Crippen MR) is 55.7 cm³/mol. The molecule has 2 heteroatoms. The molecule has 0 amide bonds. The van der Waals surface area contributed by atoms with E-state index in [1.807, 2.05) is 0 Å². The zero-order chi connectivity index (χ0) is 8.39. The molecule has 2 fully saturated rings. The number of hydrogen-bond acceptors (Lipinski definition) is 1. The van der Waals surface area contributed by atoms with Crippen molar-refractivity contribution in [2.24, 2.45) is 11.8 Å². The average Bonchev–Trinajstić information content (AvgIpc) is 2.90. The highest BCUT2D eigenvalue weighted by molar-refractivity contribution is 9.09. The summed E-state index contributed by atoms with van der Waals surface area (Å²) in [5.41, 5.74) is 0. The van der Waals surface area contributed by atoms with E-state index in [-0.39, 0.29) is 0 Å². The van der Waals surface area contributed by atoms with Crippen LogP contribution in [0.1, 0.15) is 25.7 Å². The Morgan fingerprint density at radius 3 is 2.17 bits per heavy atom. The van der Waals surface area contributed by atoms with E-state index in [9.17, 15) is 0 Å². The van der Waals surface area contributed by atoms with E-state index in [0.29, 0.717) is 0 Å². The van der Waals surface area contributed by atoms with Crippen molar-refractivity contribution in [2.45, 2.75) is 25.7 Å². The van der Waals surface area contributed by atoms with Crippen molar-refractivity contribution in [3.63, 3.8) is 0 Å². The molecule has 0 unspecified atom stereocenters. The van der Waals surface area contributed by atoms with E-state index in [0.717, 1.165) is 11.8 Å². The second-order valence-corrected chi connectivity index (χ2v) is 4.99. The molecule has 0 aromatic heterocycles. The second-order valence-electron chi connectivity index (χ2n) is 4.34. The third kappa shape index (κ3) is 2.46. The number of hydrogen-bond donors (Lipinski definition) is 0. The summed E-state index contributed by atoms with van der Waals surface area (Å²) >= 11 is 3.58. The van der Waals surface area contributed by atoms with E-state index >= 15 is 0 Å². The highest BCUT2D eigenvalue weighted by Crippen LogP contribution is 2.31. The number of halogens is 1. The number of nitrogens with zero attached hydrogens (tertiary/aromatic N) is 1. The van der Waals surface area contributed by atoms with Gasteiger partial charge in [0.1, 0.15) is 0 Å². The lowest BCUT2D eigenvalue weighted by Crippen LogP contribution is -2.35. The SMILES string of the molecule is BrCC1CCN(CC2CC2)CC1. The molecule has 70 valence electrons. The Balaban J connectivity index is 1.66. The fourth-order valence-corrected chi connectivity index (χ4v) is 2.64. The monoisotopic (exact) mass is 231 g/mol. The van der Waals surface area contributed by atoms with Crippen molar-refractivity contribution in [3.05, 3.63) is 0 Å². The zero-order valence-corrected chi connectivity index (χ0v) is 9.22. The van der Waals surface area contributed by atoms with Crippen molar-refractivity contribution in [3.8, 4) is 0 Å². The fraction of sp³-hybridized carbons (Fsp3) is 1.00. The minimum Gasteiger partial charge on any atom is -0.303 e. The van der Waals surface area contributed by atoms with Crippen LogP contribution >= 0.6 is 15.9 Å². The summed E-state index contributed by atoms with van der Waals surface area (Å²) in [4.78, 5) is 2.66. The van der Waals surface area contributed by atoms with Crippen LogP contribution in [0.25, 0.3) is 0 Å². The van der Waals surface area contributed by atoms with Crippen LogP contribution in [0.2, 0.25) is 0 Å². The normalized spacial score (nSPS) is 27.8. The predicted octanol–water partition coefficient (Wildman–Crippen LogP) is 2.50. The van der Waals surface area contributed by atoms with E-state index in [2.05, 4.69) is 20.8 Å². The molecule has 0 spiro atoms. The molecule has 12 heavy (non-hydrogen) atoms. The Kier molecular flexibility index (Phi) is 3.08. The maximum Gasteiger partial charge on any atom is 0.00606 e. The number of alkyl halides is 1. The van der Waals surface area contributed by atoms with E-state index in [4.69, 9.17) is 0 Å². The van der Waals surface area contributed by atoms with Gasteiger partial charge in [-0.25, -0.2) is 0 Å². The molecular formula is C10H18BrN. The minimum absolute atomic E-state index is 0.959. The lowest BCUT2D eigenvalue weighted by atomic mass is 9.99. The Morgan fingerprint density at radius 1 is 1.00 bits per heavy atom. The van der Waals surface area contributed by atoms with Gasteiger partial charge in [-0.05, 0) is 50.6 Å². The van der Waals surface area contributed by atoms with Gasteiger partial charge in [0, 0.05) is 11.9 Å². The highest BCUT2D eigenvalue weighted by Gasteiger charge is 2.26. The minimum atomic E-state index is 0.959. The maximum absolute atomic E-state index is 3.58. The molecule has 2 rings (SSSR count). The summed E-state index contributed by atoms with van der Waals surface area (Å²) in [6.45, 7) is 4.11. The quantitative estimate of drug-likeness (QED) is 0.676. The van der Waals surface area contributed by atoms with Crippen LogP contribution < -0.4 is 0 Å². The van der Waals surface area contributed by atoms with E-state index in [1.165, 1.54) is 50.6 Å². The fourth-order valence-electron chi connectivity index (χ4n) is 1.99. The Hall–Kier alpha value is 0.440. The van der Waals surface area contributed by atoms with Crippen molar-refractivity contribution in [1.82, 2.24) is 4.90 Å². The van der Waals surface area contributed by atoms with Crippen LogP contribution in [0.15, 0.2) is 0 Å². The zero-order valence-electron chi connectivity index (χ0n) is 7.64. The molecule has 1 nitrogen and oxygen atoms in total. The van der Waals surface area contributed by atoms with Gasteiger partial charge in [0.15, 0.2) is 0 Å². The van der Waals surface area contributed by atoms with Gasteiger partial charge in [-0.1, -0.05) is 15.9 Å². The third-order valence-electron chi connectivity index (χ3n) is 3.14. The molecular weight excluding hydrogens is 214 g/mol.